The molecule has 1 N–H and O–H groups in total. The van der Waals surface area contributed by atoms with Crippen LogP contribution in [0.25, 0.3) is 0 Å². The predicted molar refractivity (Wildman–Crippen MR) is 112 cm³/mol. The number of carbonyl (C=O) groups is 4. The Labute approximate surface area is 182 Å². The number of ether oxygens (including phenoxy) is 2. The van der Waals surface area contributed by atoms with Crippen molar-refractivity contribution >= 4 is 23.5 Å². The Morgan fingerprint density at radius 3 is 2.10 bits per heavy atom. The molecule has 1 unspecified atom stereocenters. The fourth-order valence-electron chi connectivity index (χ4n) is 6.25. The Kier molecular flexibility index (Phi) is 5.70. The van der Waals surface area contributed by atoms with E-state index in [0.717, 1.165) is 12.8 Å². The third-order valence-corrected chi connectivity index (χ3v) is 7.16. The molecule has 7 heteroatoms. The molecule has 1 fully saturated rings. The molecule has 31 heavy (non-hydrogen) atoms. The summed E-state index contributed by atoms with van der Waals surface area (Å²) >= 11 is 0. The van der Waals surface area contributed by atoms with Gasteiger partial charge in [-0.1, -0.05) is 41.0 Å². The van der Waals surface area contributed by atoms with Crippen LogP contribution < -0.4 is 0 Å². The number of aliphatic hydroxyl groups excluding tert-OH is 1. The van der Waals surface area contributed by atoms with Gasteiger partial charge in [-0.05, 0) is 24.2 Å². The number of hydrogen-bond donors (Lipinski definition) is 1. The van der Waals surface area contributed by atoms with Crippen molar-refractivity contribution in [2.45, 2.75) is 79.9 Å². The highest BCUT2D eigenvalue weighted by Crippen LogP contribution is 2.62. The molecule has 0 aromatic rings. The maximum Gasteiger partial charge on any atom is 0.303 e. The van der Waals surface area contributed by atoms with E-state index >= 15 is 0 Å². The van der Waals surface area contributed by atoms with Crippen LogP contribution in [0.1, 0.15) is 67.7 Å². The van der Waals surface area contributed by atoms with Gasteiger partial charge < -0.3 is 14.6 Å². The average Bonchev–Trinajstić information content (AvgIpc) is 2.59. The lowest BCUT2D eigenvalue weighted by molar-refractivity contribution is -0.185. The Morgan fingerprint density at radius 2 is 1.58 bits per heavy atom. The van der Waals surface area contributed by atoms with Crippen molar-refractivity contribution in [3.05, 3.63) is 22.5 Å². The molecule has 7 nitrogen and oxygen atoms in total. The average molecular weight is 433 g/mol. The van der Waals surface area contributed by atoms with E-state index in [2.05, 4.69) is 0 Å². The van der Waals surface area contributed by atoms with E-state index in [0.29, 0.717) is 6.42 Å². The number of aliphatic hydroxyl groups is 1. The van der Waals surface area contributed by atoms with Crippen LogP contribution in [0.15, 0.2) is 22.5 Å². The first-order chi connectivity index (χ1) is 14.2. The first-order valence-electron chi connectivity index (χ1n) is 10.9. The van der Waals surface area contributed by atoms with Gasteiger partial charge >= 0.3 is 11.9 Å². The number of carbonyl (C=O) groups excluding carboxylic acids is 4. The zero-order valence-corrected chi connectivity index (χ0v) is 19.3. The second-order valence-corrected chi connectivity index (χ2v) is 10.2. The highest BCUT2D eigenvalue weighted by atomic mass is 16.6. The van der Waals surface area contributed by atoms with Gasteiger partial charge in [0.25, 0.3) is 0 Å². The minimum atomic E-state index is -1.17. The topological polar surface area (TPSA) is 107 Å². The number of esters is 2. The van der Waals surface area contributed by atoms with Crippen LogP contribution in [0.3, 0.4) is 0 Å². The Morgan fingerprint density at radius 1 is 1.00 bits per heavy atom. The van der Waals surface area contributed by atoms with Crippen molar-refractivity contribution in [1.82, 2.24) is 0 Å². The first-order valence-corrected chi connectivity index (χ1v) is 10.9. The fourth-order valence-corrected chi connectivity index (χ4v) is 6.25. The molecule has 0 saturated heterocycles. The molecule has 0 spiro atoms. The SMILES string of the molecule is CC(=O)OC1C2=C(C(=O)C(=O)C(C(C)C)=C2O)[C@@]2(C)CCCC(C)(C)[C@@H]2[C@@H]1OC(C)=O. The molecule has 0 heterocycles. The summed E-state index contributed by atoms with van der Waals surface area (Å²) in [5.41, 5.74) is -0.875. The van der Waals surface area contributed by atoms with Crippen LogP contribution in [0, 0.1) is 22.7 Å². The van der Waals surface area contributed by atoms with Gasteiger partial charge in [-0.3, -0.25) is 19.2 Å². The summed E-state index contributed by atoms with van der Waals surface area (Å²) in [7, 11) is 0. The summed E-state index contributed by atoms with van der Waals surface area (Å²) in [5, 5.41) is 11.2. The lowest BCUT2D eigenvalue weighted by Gasteiger charge is -2.58. The molecule has 0 radical (unpaired) electrons. The predicted octanol–water partition coefficient (Wildman–Crippen LogP) is 3.61. The lowest BCUT2D eigenvalue weighted by atomic mass is 9.47. The minimum Gasteiger partial charge on any atom is -0.507 e. The molecule has 1 saturated carbocycles. The van der Waals surface area contributed by atoms with E-state index in [9.17, 15) is 24.3 Å². The van der Waals surface area contributed by atoms with Gasteiger partial charge in [-0.15, -0.1) is 0 Å². The van der Waals surface area contributed by atoms with Gasteiger partial charge in [0.05, 0.1) is 0 Å². The van der Waals surface area contributed by atoms with E-state index in [1.165, 1.54) is 13.8 Å². The Bertz CT molecular complexity index is 920. The number of ketones is 2. The molecule has 0 aliphatic heterocycles. The van der Waals surface area contributed by atoms with Crippen molar-refractivity contribution in [3.8, 4) is 0 Å². The lowest BCUT2D eigenvalue weighted by Crippen LogP contribution is -2.61. The molecule has 0 amide bonds. The smallest absolute Gasteiger partial charge is 0.303 e. The van der Waals surface area contributed by atoms with Crippen LogP contribution in [-0.2, 0) is 28.7 Å². The van der Waals surface area contributed by atoms with Crippen molar-refractivity contribution in [2.24, 2.45) is 22.7 Å². The Hall–Kier alpha value is -2.44. The molecule has 3 aliphatic rings. The highest BCUT2D eigenvalue weighted by molar-refractivity contribution is 6.50. The minimum absolute atomic E-state index is 0.000373. The largest absolute Gasteiger partial charge is 0.507 e. The third kappa shape index (κ3) is 3.52. The molecule has 3 aliphatic carbocycles. The molecular formula is C24H32O7. The molecule has 4 atom stereocenters. The van der Waals surface area contributed by atoms with E-state index in [4.69, 9.17) is 9.47 Å². The molecule has 3 rings (SSSR count). The molecule has 170 valence electrons. The normalized spacial score (nSPS) is 32.6. The van der Waals surface area contributed by atoms with Crippen molar-refractivity contribution < 1.29 is 33.8 Å². The first kappa shape index (κ1) is 23.2. The second-order valence-electron chi connectivity index (χ2n) is 10.2. The number of hydrogen-bond acceptors (Lipinski definition) is 7. The monoisotopic (exact) mass is 432 g/mol. The highest BCUT2D eigenvalue weighted by Gasteiger charge is 2.63. The molecular weight excluding hydrogens is 400 g/mol. The van der Waals surface area contributed by atoms with Crippen molar-refractivity contribution in [1.29, 1.82) is 0 Å². The number of rotatable bonds is 3. The van der Waals surface area contributed by atoms with Crippen LogP contribution in [0.5, 0.6) is 0 Å². The quantitative estimate of drug-likeness (QED) is 0.412. The zero-order valence-electron chi connectivity index (χ0n) is 19.3. The summed E-state index contributed by atoms with van der Waals surface area (Å²) in [6.45, 7) is 11.9. The maximum atomic E-state index is 13.5. The summed E-state index contributed by atoms with van der Waals surface area (Å²) < 4.78 is 11.4. The fraction of sp³-hybridized carbons (Fsp3) is 0.667. The van der Waals surface area contributed by atoms with E-state index in [1.807, 2.05) is 20.8 Å². The van der Waals surface area contributed by atoms with E-state index in [1.54, 1.807) is 13.8 Å². The molecule has 0 aromatic carbocycles. The van der Waals surface area contributed by atoms with Gasteiger partial charge in [-0.2, -0.15) is 0 Å². The molecule has 0 aromatic heterocycles. The van der Waals surface area contributed by atoms with Gasteiger partial charge in [0.1, 0.15) is 11.9 Å². The maximum absolute atomic E-state index is 13.5. The van der Waals surface area contributed by atoms with Crippen LogP contribution in [0.2, 0.25) is 0 Å². The number of Topliss-reactive ketones (excluding diaryl/α,β-unsaturated/α-hetero) is 2. The van der Waals surface area contributed by atoms with E-state index < -0.39 is 47.0 Å². The van der Waals surface area contributed by atoms with Crippen molar-refractivity contribution in [2.75, 3.05) is 0 Å². The third-order valence-electron chi connectivity index (χ3n) is 7.16. The summed E-state index contributed by atoms with van der Waals surface area (Å²) in [4.78, 5) is 50.6. The van der Waals surface area contributed by atoms with Crippen molar-refractivity contribution in [3.63, 3.8) is 0 Å². The second kappa shape index (κ2) is 7.61. The molecule has 0 bridgehead atoms. The zero-order chi connectivity index (χ0) is 23.5. The van der Waals surface area contributed by atoms with Gasteiger partial charge in [0, 0.05) is 41.9 Å². The number of allylic oxidation sites excluding steroid dienone is 2. The van der Waals surface area contributed by atoms with Gasteiger partial charge in [0.15, 0.2) is 6.10 Å². The van der Waals surface area contributed by atoms with Crippen LogP contribution in [-0.4, -0.2) is 40.8 Å². The summed E-state index contributed by atoms with van der Waals surface area (Å²) in [6.07, 6.45) is 0.162. The van der Waals surface area contributed by atoms with Crippen LogP contribution in [0.4, 0.5) is 0 Å². The van der Waals surface area contributed by atoms with E-state index in [-0.39, 0.29) is 33.8 Å². The van der Waals surface area contributed by atoms with Gasteiger partial charge in [0.2, 0.25) is 11.6 Å². The van der Waals surface area contributed by atoms with Gasteiger partial charge in [-0.25, -0.2) is 0 Å². The number of fused-ring (bicyclic) bond motifs is 2. The summed E-state index contributed by atoms with van der Waals surface area (Å²) in [6, 6.07) is 0. The van der Waals surface area contributed by atoms with Crippen LogP contribution >= 0.6 is 0 Å². The Balaban J connectivity index is 2.41. The standard InChI is InChI=1S/C24H32O7/c1-11(2)14-17(27)15-16(19(29)18(14)28)24(7)10-8-9-23(5,6)22(24)21(31-13(4)26)20(15)30-12(3)25/h11,20-22,27H,8-10H2,1-7H3/t20?,21-,22+,24-/m1/s1. The summed E-state index contributed by atoms with van der Waals surface area (Å²) in [5.74, 6) is -3.69.